The van der Waals surface area contributed by atoms with Gasteiger partial charge in [-0.05, 0) is 25.7 Å². The molecule has 2 saturated heterocycles. The van der Waals surface area contributed by atoms with Crippen molar-refractivity contribution in [1.82, 2.24) is 4.90 Å². The van der Waals surface area contributed by atoms with Crippen molar-refractivity contribution in [3.63, 3.8) is 0 Å². The Bertz CT molecular complexity index is 364. The lowest BCUT2D eigenvalue weighted by Gasteiger charge is -2.30. The number of amides is 1. The molecule has 0 aromatic carbocycles. The maximum atomic E-state index is 12.0. The van der Waals surface area contributed by atoms with Crippen LogP contribution in [0.3, 0.4) is 0 Å². The molecule has 0 spiro atoms. The molecule has 0 radical (unpaired) electrons. The van der Waals surface area contributed by atoms with Gasteiger partial charge in [-0.2, -0.15) is 0 Å². The number of likely N-dealkylation sites (tertiary alicyclic amines) is 1. The Morgan fingerprint density at radius 3 is 2.79 bits per heavy atom. The van der Waals surface area contributed by atoms with E-state index in [-0.39, 0.29) is 18.8 Å². The minimum Gasteiger partial charge on any atom is -0.480 e. The van der Waals surface area contributed by atoms with Crippen LogP contribution in [0.5, 0.6) is 0 Å². The van der Waals surface area contributed by atoms with Gasteiger partial charge < -0.3 is 14.6 Å². The summed E-state index contributed by atoms with van der Waals surface area (Å²) in [5.74, 6) is -0.990. The molecule has 1 amide bonds. The molecule has 2 fully saturated rings. The molecule has 106 valence electrons. The molecule has 0 aliphatic carbocycles. The maximum Gasteiger partial charge on any atom is 0.411 e. The average molecular weight is 269 g/mol. The number of nitrogens with zero attached hydrogens (tertiary/aromatic N) is 1. The molecule has 0 aromatic rings. The second-order valence-corrected chi connectivity index (χ2v) is 4.82. The van der Waals surface area contributed by atoms with E-state index in [1.807, 2.05) is 0 Å². The molecule has 2 aliphatic rings. The van der Waals surface area contributed by atoms with Crippen LogP contribution < -0.4 is 0 Å². The summed E-state index contributed by atoms with van der Waals surface area (Å²) >= 11 is 0. The normalized spacial score (nSPS) is 30.3. The fourth-order valence-electron chi connectivity index (χ4n) is 2.82. The summed E-state index contributed by atoms with van der Waals surface area (Å²) in [6.45, 7) is 4.23. The standard InChI is InChI=1S/C13H19NO5/c1-2-7-19-13(17)14-9(11-4-3-8-18-11)5-6-10(14)12(15)16/h2,9-11H,1,3-8H2,(H,15,16). The minimum atomic E-state index is -0.990. The van der Waals surface area contributed by atoms with Crippen molar-refractivity contribution < 1.29 is 24.2 Å². The van der Waals surface area contributed by atoms with Gasteiger partial charge in [-0.25, -0.2) is 9.59 Å². The number of carbonyl (C=O) groups is 2. The van der Waals surface area contributed by atoms with Crippen molar-refractivity contribution in [2.45, 2.75) is 43.9 Å². The Morgan fingerprint density at radius 2 is 2.21 bits per heavy atom. The Morgan fingerprint density at radius 1 is 1.42 bits per heavy atom. The van der Waals surface area contributed by atoms with Crippen LogP contribution >= 0.6 is 0 Å². The average Bonchev–Trinajstić information content (AvgIpc) is 3.02. The van der Waals surface area contributed by atoms with Crippen molar-refractivity contribution in [3.8, 4) is 0 Å². The third-order valence-corrected chi connectivity index (χ3v) is 3.64. The third kappa shape index (κ3) is 2.89. The number of hydrogen-bond acceptors (Lipinski definition) is 4. The van der Waals surface area contributed by atoms with Gasteiger partial charge in [0, 0.05) is 6.61 Å². The van der Waals surface area contributed by atoms with E-state index in [9.17, 15) is 14.7 Å². The summed E-state index contributed by atoms with van der Waals surface area (Å²) in [5.41, 5.74) is 0. The van der Waals surface area contributed by atoms with Gasteiger partial charge >= 0.3 is 12.1 Å². The number of rotatable bonds is 4. The Balaban J connectivity index is 2.11. The van der Waals surface area contributed by atoms with Gasteiger partial charge in [-0.3, -0.25) is 4.90 Å². The number of aliphatic carboxylic acids is 1. The summed E-state index contributed by atoms with van der Waals surface area (Å²) in [7, 11) is 0. The van der Waals surface area contributed by atoms with Gasteiger partial charge in [0.1, 0.15) is 12.6 Å². The number of hydrogen-bond donors (Lipinski definition) is 1. The van der Waals surface area contributed by atoms with E-state index in [4.69, 9.17) is 9.47 Å². The molecule has 2 heterocycles. The maximum absolute atomic E-state index is 12.0. The number of carboxylic acids is 1. The van der Waals surface area contributed by atoms with E-state index >= 15 is 0 Å². The lowest BCUT2D eigenvalue weighted by Crippen LogP contribution is -2.49. The fraction of sp³-hybridized carbons (Fsp3) is 0.692. The topological polar surface area (TPSA) is 76.1 Å². The van der Waals surface area contributed by atoms with Crippen LogP contribution in [0.1, 0.15) is 25.7 Å². The lowest BCUT2D eigenvalue weighted by atomic mass is 10.1. The van der Waals surface area contributed by atoms with Crippen molar-refractivity contribution in [2.75, 3.05) is 13.2 Å². The molecule has 0 saturated carbocycles. The zero-order valence-electron chi connectivity index (χ0n) is 10.8. The smallest absolute Gasteiger partial charge is 0.411 e. The summed E-state index contributed by atoms with van der Waals surface area (Å²) in [6, 6.07) is -1.01. The van der Waals surface area contributed by atoms with Crippen LogP contribution in [0.25, 0.3) is 0 Å². The molecule has 2 rings (SSSR count). The minimum absolute atomic E-state index is 0.0689. The predicted octanol–water partition coefficient (Wildman–Crippen LogP) is 1.41. The van der Waals surface area contributed by atoms with Crippen molar-refractivity contribution >= 4 is 12.1 Å². The zero-order valence-corrected chi connectivity index (χ0v) is 10.8. The van der Waals surface area contributed by atoms with Crippen molar-refractivity contribution in [2.24, 2.45) is 0 Å². The summed E-state index contributed by atoms with van der Waals surface area (Å²) in [4.78, 5) is 24.6. The van der Waals surface area contributed by atoms with E-state index < -0.39 is 18.1 Å². The molecule has 2 aliphatic heterocycles. The molecule has 6 nitrogen and oxygen atoms in total. The van der Waals surface area contributed by atoms with Gasteiger partial charge in [-0.15, -0.1) is 0 Å². The summed E-state index contributed by atoms with van der Waals surface area (Å²) < 4.78 is 10.6. The zero-order chi connectivity index (χ0) is 13.8. The Hall–Kier alpha value is -1.56. The van der Waals surface area contributed by atoms with E-state index in [1.54, 1.807) is 0 Å². The highest BCUT2D eigenvalue weighted by atomic mass is 16.6. The number of carboxylic acid groups (broad SMARTS) is 1. The monoisotopic (exact) mass is 269 g/mol. The number of carbonyl (C=O) groups excluding carboxylic acids is 1. The molecular formula is C13H19NO5. The molecule has 0 bridgehead atoms. The highest BCUT2D eigenvalue weighted by Gasteiger charge is 2.46. The Labute approximate surface area is 112 Å². The van der Waals surface area contributed by atoms with Crippen LogP contribution in [-0.2, 0) is 14.3 Å². The molecule has 3 unspecified atom stereocenters. The fourth-order valence-corrected chi connectivity index (χ4v) is 2.82. The van der Waals surface area contributed by atoms with Crippen LogP contribution in [0.15, 0.2) is 12.7 Å². The van der Waals surface area contributed by atoms with Gasteiger partial charge in [-0.1, -0.05) is 12.7 Å². The highest BCUT2D eigenvalue weighted by molar-refractivity contribution is 5.81. The molecule has 19 heavy (non-hydrogen) atoms. The first-order chi connectivity index (χ1) is 9.15. The van der Waals surface area contributed by atoms with Crippen molar-refractivity contribution in [3.05, 3.63) is 12.7 Å². The second kappa shape index (κ2) is 6.06. The first-order valence-corrected chi connectivity index (χ1v) is 6.55. The largest absolute Gasteiger partial charge is 0.480 e. The first-order valence-electron chi connectivity index (χ1n) is 6.55. The highest BCUT2D eigenvalue weighted by Crippen LogP contribution is 2.32. The first kappa shape index (κ1) is 13.9. The van der Waals surface area contributed by atoms with Crippen LogP contribution in [0.2, 0.25) is 0 Å². The third-order valence-electron chi connectivity index (χ3n) is 3.64. The van der Waals surface area contributed by atoms with Gasteiger partial charge in [0.15, 0.2) is 0 Å². The van der Waals surface area contributed by atoms with Gasteiger partial charge in [0.05, 0.1) is 12.1 Å². The SMILES string of the molecule is C=CCOC(=O)N1C(C(=O)O)CCC1C1CCCO1. The van der Waals surface area contributed by atoms with E-state index in [2.05, 4.69) is 6.58 Å². The summed E-state index contributed by atoms with van der Waals surface area (Å²) in [5, 5.41) is 9.21. The van der Waals surface area contributed by atoms with E-state index in [1.165, 1.54) is 11.0 Å². The van der Waals surface area contributed by atoms with Crippen LogP contribution in [-0.4, -0.2) is 53.5 Å². The predicted molar refractivity (Wildman–Crippen MR) is 66.8 cm³/mol. The molecule has 6 heteroatoms. The molecule has 0 aromatic heterocycles. The molecule has 1 N–H and O–H groups in total. The molecular weight excluding hydrogens is 250 g/mol. The van der Waals surface area contributed by atoms with Crippen LogP contribution in [0, 0.1) is 0 Å². The second-order valence-electron chi connectivity index (χ2n) is 4.82. The van der Waals surface area contributed by atoms with E-state index in [0.29, 0.717) is 19.4 Å². The molecule has 3 atom stereocenters. The van der Waals surface area contributed by atoms with Crippen LogP contribution in [0.4, 0.5) is 4.79 Å². The van der Waals surface area contributed by atoms with E-state index in [0.717, 1.165) is 12.8 Å². The Kier molecular flexibility index (Phi) is 4.42. The summed E-state index contributed by atoms with van der Waals surface area (Å²) in [6.07, 6.45) is 3.71. The quantitative estimate of drug-likeness (QED) is 0.781. The lowest BCUT2D eigenvalue weighted by molar-refractivity contribution is -0.142. The van der Waals surface area contributed by atoms with Gasteiger partial charge in [0.2, 0.25) is 0 Å². The number of ether oxygens (including phenoxy) is 2. The van der Waals surface area contributed by atoms with Gasteiger partial charge in [0.25, 0.3) is 0 Å². The van der Waals surface area contributed by atoms with Crippen molar-refractivity contribution in [1.29, 1.82) is 0 Å².